The predicted molar refractivity (Wildman–Crippen MR) is 129 cm³/mol. The van der Waals surface area contributed by atoms with E-state index in [1.165, 1.54) is 44.9 Å². The van der Waals surface area contributed by atoms with Gasteiger partial charge in [0.25, 0.3) is 0 Å². The summed E-state index contributed by atoms with van der Waals surface area (Å²) in [6.07, 6.45) is 11.6. The number of aliphatic hydroxyl groups is 3. The van der Waals surface area contributed by atoms with Crippen molar-refractivity contribution >= 4 is 0 Å². The van der Waals surface area contributed by atoms with Crippen molar-refractivity contribution in [2.24, 2.45) is 40.4 Å². The standard InChI is InChI=1S/C28H52O3/c1-19(2)9-7-10-20(3)23-12-8-11-21-17-25(30)28(31)18-22(29)13-16-27(28,6)24(21)14-15-26(23,4)5/h19-25,29-31H,7-18H2,1-6H3/t20-,21?,22-,23+,24?,25+,27+,28+/m0/s1. The normalized spacial score (nSPS) is 44.5. The molecule has 0 amide bonds. The van der Waals surface area contributed by atoms with Gasteiger partial charge in [0.2, 0.25) is 0 Å². The van der Waals surface area contributed by atoms with E-state index in [0.717, 1.165) is 37.0 Å². The van der Waals surface area contributed by atoms with Gasteiger partial charge in [-0.15, -0.1) is 0 Å². The molecule has 31 heavy (non-hydrogen) atoms. The van der Waals surface area contributed by atoms with Crippen LogP contribution in [0.5, 0.6) is 0 Å². The fraction of sp³-hybridized carbons (Fsp3) is 1.00. The van der Waals surface area contributed by atoms with Crippen molar-refractivity contribution < 1.29 is 15.3 Å². The van der Waals surface area contributed by atoms with Crippen molar-refractivity contribution in [3.05, 3.63) is 0 Å². The van der Waals surface area contributed by atoms with Crippen LogP contribution in [0.2, 0.25) is 0 Å². The Morgan fingerprint density at radius 2 is 1.61 bits per heavy atom. The molecule has 2 unspecified atom stereocenters. The summed E-state index contributed by atoms with van der Waals surface area (Å²) < 4.78 is 0. The SMILES string of the molecule is CC(C)CCC[C@H](C)[C@H]1CCCC2C[C@@H](O)[C@]3(O)C[C@@H](O)CC[C@]3(C)C2CCC1(C)C. The second-order valence-electron chi connectivity index (χ2n) is 13.2. The van der Waals surface area contributed by atoms with Crippen molar-refractivity contribution in [3.63, 3.8) is 0 Å². The summed E-state index contributed by atoms with van der Waals surface area (Å²) in [7, 11) is 0. The highest BCUT2D eigenvalue weighted by Crippen LogP contribution is 2.61. The fourth-order valence-corrected chi connectivity index (χ4v) is 8.25. The lowest BCUT2D eigenvalue weighted by atomic mass is 9.47. The van der Waals surface area contributed by atoms with E-state index in [1.54, 1.807) is 0 Å². The largest absolute Gasteiger partial charge is 0.393 e. The van der Waals surface area contributed by atoms with Crippen LogP contribution >= 0.6 is 0 Å². The van der Waals surface area contributed by atoms with Gasteiger partial charge in [0, 0.05) is 11.8 Å². The topological polar surface area (TPSA) is 60.7 Å². The Kier molecular flexibility index (Phi) is 7.92. The third kappa shape index (κ3) is 5.04. The van der Waals surface area contributed by atoms with E-state index in [0.29, 0.717) is 30.1 Å². The highest BCUT2D eigenvalue weighted by molar-refractivity contribution is 5.13. The maximum atomic E-state index is 11.7. The van der Waals surface area contributed by atoms with E-state index >= 15 is 0 Å². The minimum absolute atomic E-state index is 0.284. The van der Waals surface area contributed by atoms with E-state index in [9.17, 15) is 15.3 Å². The Bertz CT molecular complexity index is 587. The van der Waals surface area contributed by atoms with Crippen molar-refractivity contribution in [3.8, 4) is 0 Å². The molecule has 3 nitrogen and oxygen atoms in total. The summed E-state index contributed by atoms with van der Waals surface area (Å²) in [5.74, 6) is 3.26. The van der Waals surface area contributed by atoms with Gasteiger partial charge in [-0.25, -0.2) is 0 Å². The summed E-state index contributed by atoms with van der Waals surface area (Å²) in [6, 6.07) is 0. The molecule has 0 aromatic heterocycles. The maximum Gasteiger partial charge on any atom is 0.0985 e. The first-order chi connectivity index (χ1) is 14.4. The molecule has 3 saturated carbocycles. The molecule has 3 aliphatic rings. The predicted octanol–water partition coefficient (Wildman–Crippen LogP) is 6.33. The molecule has 0 saturated heterocycles. The lowest BCUT2D eigenvalue weighted by Gasteiger charge is -2.61. The molecule has 3 aliphatic carbocycles. The Morgan fingerprint density at radius 3 is 2.29 bits per heavy atom. The Morgan fingerprint density at radius 1 is 0.903 bits per heavy atom. The Balaban J connectivity index is 1.78. The van der Waals surface area contributed by atoms with E-state index < -0.39 is 17.8 Å². The summed E-state index contributed by atoms with van der Waals surface area (Å²) >= 11 is 0. The summed E-state index contributed by atoms with van der Waals surface area (Å²) in [5.41, 5.74) is -1.11. The van der Waals surface area contributed by atoms with Crippen molar-refractivity contribution in [1.82, 2.24) is 0 Å². The fourth-order valence-electron chi connectivity index (χ4n) is 8.25. The second kappa shape index (κ2) is 9.63. The Labute approximate surface area is 192 Å². The van der Waals surface area contributed by atoms with Gasteiger partial charge in [0.15, 0.2) is 0 Å². The zero-order valence-corrected chi connectivity index (χ0v) is 21.4. The first kappa shape index (κ1) is 25.5. The van der Waals surface area contributed by atoms with Crippen LogP contribution in [0.3, 0.4) is 0 Å². The van der Waals surface area contributed by atoms with Crippen LogP contribution in [-0.4, -0.2) is 33.1 Å². The van der Waals surface area contributed by atoms with Gasteiger partial charge in [0.05, 0.1) is 17.8 Å². The molecule has 0 heterocycles. The monoisotopic (exact) mass is 436 g/mol. The van der Waals surface area contributed by atoms with Crippen LogP contribution in [-0.2, 0) is 0 Å². The lowest BCUT2D eigenvalue weighted by molar-refractivity contribution is -0.249. The molecule has 0 aromatic carbocycles. The van der Waals surface area contributed by atoms with Crippen molar-refractivity contribution in [2.75, 3.05) is 0 Å². The van der Waals surface area contributed by atoms with Gasteiger partial charge >= 0.3 is 0 Å². The van der Waals surface area contributed by atoms with Gasteiger partial charge in [-0.1, -0.05) is 73.6 Å². The Hall–Kier alpha value is -0.120. The molecule has 0 spiro atoms. The van der Waals surface area contributed by atoms with E-state index in [1.807, 2.05) is 0 Å². The number of hydrogen-bond acceptors (Lipinski definition) is 3. The molecule has 3 N–H and O–H groups in total. The van der Waals surface area contributed by atoms with Gasteiger partial charge in [-0.05, 0) is 73.5 Å². The number of hydrogen-bond donors (Lipinski definition) is 3. The van der Waals surface area contributed by atoms with Gasteiger partial charge in [-0.3, -0.25) is 0 Å². The highest BCUT2D eigenvalue weighted by atomic mass is 16.3. The highest BCUT2D eigenvalue weighted by Gasteiger charge is 2.62. The van der Waals surface area contributed by atoms with Crippen LogP contribution in [0.15, 0.2) is 0 Å². The molecule has 182 valence electrons. The second-order valence-corrected chi connectivity index (χ2v) is 13.2. The van der Waals surface area contributed by atoms with E-state index in [2.05, 4.69) is 41.5 Å². The van der Waals surface area contributed by atoms with Crippen LogP contribution in [0.1, 0.15) is 119 Å². The third-order valence-corrected chi connectivity index (χ3v) is 10.3. The molecule has 3 heteroatoms. The third-order valence-electron chi connectivity index (χ3n) is 10.3. The molecule has 0 aliphatic heterocycles. The van der Waals surface area contributed by atoms with Gasteiger partial charge < -0.3 is 15.3 Å². The molecule has 0 bridgehead atoms. The zero-order chi connectivity index (χ0) is 23.0. The maximum absolute atomic E-state index is 11.7. The average Bonchev–Trinajstić information content (AvgIpc) is 2.72. The molecule has 8 atom stereocenters. The molecule has 3 fully saturated rings. The minimum atomic E-state index is -1.13. The molecule has 0 radical (unpaired) electrons. The zero-order valence-electron chi connectivity index (χ0n) is 21.4. The molecular weight excluding hydrogens is 384 g/mol. The van der Waals surface area contributed by atoms with Crippen molar-refractivity contribution in [2.45, 2.75) is 136 Å². The summed E-state index contributed by atoms with van der Waals surface area (Å²) in [4.78, 5) is 0. The number of fused-ring (bicyclic) bond motifs is 3. The summed E-state index contributed by atoms with van der Waals surface area (Å²) in [6.45, 7) is 14.4. The van der Waals surface area contributed by atoms with Crippen LogP contribution < -0.4 is 0 Å². The smallest absolute Gasteiger partial charge is 0.0985 e. The van der Waals surface area contributed by atoms with Crippen molar-refractivity contribution in [1.29, 1.82) is 0 Å². The van der Waals surface area contributed by atoms with Gasteiger partial charge in [0.1, 0.15) is 0 Å². The van der Waals surface area contributed by atoms with Crippen LogP contribution in [0, 0.1) is 40.4 Å². The lowest BCUT2D eigenvalue weighted by Crippen LogP contribution is -2.66. The first-order valence-corrected chi connectivity index (χ1v) is 13.5. The molecule has 0 aromatic rings. The minimum Gasteiger partial charge on any atom is -0.393 e. The average molecular weight is 437 g/mol. The quantitative estimate of drug-likeness (QED) is 0.471. The van der Waals surface area contributed by atoms with Crippen LogP contribution in [0.4, 0.5) is 0 Å². The number of aliphatic hydroxyl groups excluding tert-OH is 2. The molecular formula is C28H52O3. The first-order valence-electron chi connectivity index (χ1n) is 13.5. The molecule has 3 rings (SSSR count). The summed E-state index contributed by atoms with van der Waals surface area (Å²) in [5, 5.41) is 33.0. The number of rotatable bonds is 5. The van der Waals surface area contributed by atoms with Crippen LogP contribution in [0.25, 0.3) is 0 Å². The van der Waals surface area contributed by atoms with Gasteiger partial charge in [-0.2, -0.15) is 0 Å². The van der Waals surface area contributed by atoms with E-state index in [4.69, 9.17) is 0 Å². The van der Waals surface area contributed by atoms with E-state index in [-0.39, 0.29) is 5.41 Å².